The molecule has 1 unspecified atom stereocenters. The van der Waals surface area contributed by atoms with Crippen molar-refractivity contribution < 1.29 is 0 Å². The molecule has 0 saturated heterocycles. The van der Waals surface area contributed by atoms with E-state index < -0.39 is 0 Å². The van der Waals surface area contributed by atoms with Gasteiger partial charge in [-0.2, -0.15) is 0 Å². The van der Waals surface area contributed by atoms with E-state index in [0.717, 1.165) is 0 Å². The minimum atomic E-state index is -0.0916. The Morgan fingerprint density at radius 3 is 2.22 bits per heavy atom. The second-order valence-electron chi connectivity index (χ2n) is 7.09. The van der Waals surface area contributed by atoms with Gasteiger partial charge in [0.25, 0.3) is 0 Å². The van der Waals surface area contributed by atoms with Crippen LogP contribution < -0.4 is 0 Å². The number of likely N-dealkylation sites (N-methyl/N-ethyl adjacent to an activating group) is 1. The molecule has 3 aromatic rings. The topological polar surface area (TPSA) is 3.24 Å². The standard InChI is InChI=1S/C25H22IN/c1-25(27(2)26)17-8-13-20(16-18-25)23-15-7-12-21-11-6-14-22(24(21)23)19-9-4-3-5-10-19/h3-18H,1-2H3. The Morgan fingerprint density at radius 2 is 1.52 bits per heavy atom. The van der Waals surface area contributed by atoms with Gasteiger partial charge in [0.2, 0.25) is 0 Å². The Hall–Kier alpha value is -2.17. The maximum Gasteiger partial charge on any atom is 0.0641 e. The third-order valence-corrected chi connectivity index (χ3v) is 6.31. The lowest BCUT2D eigenvalue weighted by molar-refractivity contribution is 0.440. The molecule has 0 bridgehead atoms. The smallest absolute Gasteiger partial charge is 0.0641 e. The van der Waals surface area contributed by atoms with Crippen LogP contribution in [0.1, 0.15) is 12.5 Å². The second-order valence-corrected chi connectivity index (χ2v) is 8.54. The average Bonchev–Trinajstić information content (AvgIpc) is 2.90. The van der Waals surface area contributed by atoms with Crippen LogP contribution in [0.5, 0.6) is 0 Å². The Balaban J connectivity index is 1.91. The molecule has 4 rings (SSSR count). The highest BCUT2D eigenvalue weighted by molar-refractivity contribution is 14.1. The fourth-order valence-corrected chi connectivity index (χ4v) is 3.86. The summed E-state index contributed by atoms with van der Waals surface area (Å²) in [5.41, 5.74) is 4.95. The maximum atomic E-state index is 2.35. The van der Waals surface area contributed by atoms with Gasteiger partial charge in [-0.05, 0) is 47.0 Å². The van der Waals surface area contributed by atoms with Crippen molar-refractivity contribution in [1.29, 1.82) is 0 Å². The summed E-state index contributed by atoms with van der Waals surface area (Å²) in [4.78, 5) is 0. The highest BCUT2D eigenvalue weighted by Gasteiger charge is 2.22. The van der Waals surface area contributed by atoms with Gasteiger partial charge in [0.05, 0.1) is 5.54 Å². The second kappa shape index (κ2) is 7.45. The number of nitrogens with zero attached hydrogens (tertiary/aromatic N) is 1. The van der Waals surface area contributed by atoms with Crippen molar-refractivity contribution in [2.45, 2.75) is 12.5 Å². The van der Waals surface area contributed by atoms with Gasteiger partial charge in [0, 0.05) is 22.9 Å². The Labute approximate surface area is 175 Å². The first-order valence-electron chi connectivity index (χ1n) is 9.14. The first kappa shape index (κ1) is 18.2. The molecule has 3 aromatic carbocycles. The van der Waals surface area contributed by atoms with E-state index in [1.165, 1.54) is 33.0 Å². The summed E-state index contributed by atoms with van der Waals surface area (Å²) < 4.78 is 2.20. The van der Waals surface area contributed by atoms with Crippen molar-refractivity contribution in [3.8, 4) is 11.1 Å². The first-order chi connectivity index (χ1) is 13.1. The normalized spacial score (nSPS) is 19.3. The number of rotatable bonds is 3. The van der Waals surface area contributed by atoms with E-state index in [-0.39, 0.29) is 5.54 Å². The molecule has 1 aliphatic carbocycles. The SMILES string of the molecule is CN(I)C1(C)C=CC=C(c2cccc3cccc(-c4ccccc4)c23)C=C1. The molecule has 1 aliphatic rings. The zero-order valence-corrected chi connectivity index (χ0v) is 17.7. The van der Waals surface area contributed by atoms with Gasteiger partial charge in [-0.25, -0.2) is 3.11 Å². The minimum Gasteiger partial charge on any atom is -0.237 e. The van der Waals surface area contributed by atoms with Crippen molar-refractivity contribution in [2.24, 2.45) is 0 Å². The molecule has 0 radical (unpaired) electrons. The van der Waals surface area contributed by atoms with Gasteiger partial charge in [-0.1, -0.05) is 97.1 Å². The summed E-state index contributed by atoms with van der Waals surface area (Å²) in [6.07, 6.45) is 11.2. The molecule has 27 heavy (non-hydrogen) atoms. The summed E-state index contributed by atoms with van der Waals surface area (Å²) in [5, 5.41) is 2.58. The number of benzene rings is 3. The van der Waals surface area contributed by atoms with Crippen LogP contribution in [-0.2, 0) is 0 Å². The van der Waals surface area contributed by atoms with Crippen molar-refractivity contribution in [3.05, 3.63) is 103 Å². The number of fused-ring (bicyclic) bond motifs is 1. The first-order valence-corrected chi connectivity index (χ1v) is 10.1. The predicted molar refractivity (Wildman–Crippen MR) is 126 cm³/mol. The number of hydrogen-bond donors (Lipinski definition) is 0. The zero-order valence-electron chi connectivity index (χ0n) is 15.6. The van der Waals surface area contributed by atoms with E-state index in [1.807, 2.05) is 0 Å². The van der Waals surface area contributed by atoms with Gasteiger partial charge in [-0.15, -0.1) is 0 Å². The zero-order chi connectivity index (χ0) is 18.9. The summed E-state index contributed by atoms with van der Waals surface area (Å²) >= 11 is 2.35. The van der Waals surface area contributed by atoms with E-state index >= 15 is 0 Å². The third-order valence-electron chi connectivity index (χ3n) is 5.27. The summed E-state index contributed by atoms with van der Waals surface area (Å²) in [5.74, 6) is 0. The number of hydrogen-bond acceptors (Lipinski definition) is 1. The summed E-state index contributed by atoms with van der Waals surface area (Å²) in [6.45, 7) is 2.22. The molecular formula is C25H22IN. The van der Waals surface area contributed by atoms with Crippen molar-refractivity contribution in [2.75, 3.05) is 7.05 Å². The molecule has 0 heterocycles. The molecule has 0 aliphatic heterocycles. The summed E-state index contributed by atoms with van der Waals surface area (Å²) in [7, 11) is 2.10. The molecule has 0 saturated carbocycles. The number of halogens is 1. The fourth-order valence-electron chi connectivity index (χ4n) is 3.54. The largest absolute Gasteiger partial charge is 0.237 e. The highest BCUT2D eigenvalue weighted by atomic mass is 127. The van der Waals surface area contributed by atoms with E-state index in [1.54, 1.807) is 0 Å². The molecule has 0 fully saturated rings. The molecule has 0 N–H and O–H groups in total. The van der Waals surface area contributed by atoms with Crippen LogP contribution in [0.4, 0.5) is 0 Å². The van der Waals surface area contributed by atoms with Crippen LogP contribution in [0.25, 0.3) is 27.5 Å². The lowest BCUT2D eigenvalue weighted by Crippen LogP contribution is -2.32. The molecule has 0 spiro atoms. The van der Waals surface area contributed by atoms with Crippen LogP contribution in [0, 0.1) is 0 Å². The maximum absolute atomic E-state index is 2.35. The van der Waals surface area contributed by atoms with Crippen LogP contribution in [0.15, 0.2) is 97.1 Å². The Morgan fingerprint density at radius 1 is 0.815 bits per heavy atom. The Kier molecular flexibility index (Phi) is 5.02. The molecule has 1 nitrogen and oxygen atoms in total. The van der Waals surface area contributed by atoms with Gasteiger partial charge < -0.3 is 0 Å². The van der Waals surface area contributed by atoms with Crippen LogP contribution >= 0.6 is 22.9 Å². The van der Waals surface area contributed by atoms with Gasteiger partial charge in [0.15, 0.2) is 0 Å². The van der Waals surface area contributed by atoms with E-state index in [4.69, 9.17) is 0 Å². The van der Waals surface area contributed by atoms with Gasteiger partial charge in [0.1, 0.15) is 0 Å². The van der Waals surface area contributed by atoms with E-state index in [2.05, 4.69) is 137 Å². The van der Waals surface area contributed by atoms with Crippen LogP contribution in [0.2, 0.25) is 0 Å². The van der Waals surface area contributed by atoms with E-state index in [9.17, 15) is 0 Å². The van der Waals surface area contributed by atoms with Crippen molar-refractivity contribution >= 4 is 39.2 Å². The molecule has 134 valence electrons. The molecule has 2 heteroatoms. The fraction of sp³-hybridized carbons (Fsp3) is 0.120. The molecular weight excluding hydrogens is 441 g/mol. The average molecular weight is 463 g/mol. The Bertz CT molecular complexity index is 1050. The minimum absolute atomic E-state index is 0.0916. The molecule has 1 atom stereocenters. The van der Waals surface area contributed by atoms with Crippen LogP contribution in [-0.4, -0.2) is 15.7 Å². The predicted octanol–water partition coefficient (Wildman–Crippen LogP) is 7.06. The lowest BCUT2D eigenvalue weighted by atomic mass is 9.91. The number of allylic oxidation sites excluding steroid dienone is 4. The quantitative estimate of drug-likeness (QED) is 0.297. The molecule has 0 aromatic heterocycles. The van der Waals surface area contributed by atoms with Crippen LogP contribution in [0.3, 0.4) is 0 Å². The van der Waals surface area contributed by atoms with Gasteiger partial charge >= 0.3 is 0 Å². The third kappa shape index (κ3) is 3.52. The van der Waals surface area contributed by atoms with Gasteiger partial charge in [-0.3, -0.25) is 0 Å². The summed E-state index contributed by atoms with van der Waals surface area (Å²) in [6, 6.07) is 23.8. The highest BCUT2D eigenvalue weighted by Crippen LogP contribution is 2.36. The monoisotopic (exact) mass is 463 g/mol. The van der Waals surface area contributed by atoms with E-state index in [0.29, 0.717) is 0 Å². The lowest BCUT2D eigenvalue weighted by Gasteiger charge is -2.27. The molecule has 0 amide bonds. The van der Waals surface area contributed by atoms with Crippen molar-refractivity contribution in [3.63, 3.8) is 0 Å². The van der Waals surface area contributed by atoms with Crippen molar-refractivity contribution in [1.82, 2.24) is 3.11 Å².